The van der Waals surface area contributed by atoms with Gasteiger partial charge in [0.1, 0.15) is 0 Å². The molecule has 5 rings (SSSR count). The lowest BCUT2D eigenvalue weighted by Crippen LogP contribution is -2.05. The largest absolute Gasteiger partial charge is 0.252 e. The molecule has 0 saturated heterocycles. The fourth-order valence-electron chi connectivity index (χ4n) is 4.29. The molecule has 0 spiro atoms. The fourth-order valence-corrected chi connectivity index (χ4v) is 4.29. The summed E-state index contributed by atoms with van der Waals surface area (Å²) in [6.07, 6.45) is 0. The van der Waals surface area contributed by atoms with Gasteiger partial charge in [-0.15, -0.1) is 0 Å². The summed E-state index contributed by atoms with van der Waals surface area (Å²) in [6.45, 7) is 7.87. The summed E-state index contributed by atoms with van der Waals surface area (Å²) in [5.41, 5.74) is 10.1. The molecule has 42 heavy (non-hydrogen) atoms. The van der Waals surface area contributed by atoms with Gasteiger partial charge in [-0.25, -0.2) is 9.97 Å². The maximum Gasteiger partial charge on any atom is 0.0849 e. The molecule has 0 aliphatic rings. The van der Waals surface area contributed by atoms with Crippen LogP contribution in [0.5, 0.6) is 0 Å². The highest BCUT2D eigenvalue weighted by molar-refractivity contribution is 6.03. The maximum absolute atomic E-state index is 4.80. The third-order valence-corrected chi connectivity index (χ3v) is 6.53. The van der Waals surface area contributed by atoms with E-state index in [9.17, 15) is 0 Å². The van der Waals surface area contributed by atoms with Crippen molar-refractivity contribution in [3.8, 4) is 0 Å². The Balaban J connectivity index is 1.30. The molecule has 0 N–H and O–H groups in total. The van der Waals surface area contributed by atoms with E-state index in [0.717, 1.165) is 68.4 Å². The quantitative estimate of drug-likeness (QED) is 0.181. The molecule has 0 unspecified atom stereocenters. The lowest BCUT2D eigenvalue weighted by Gasteiger charge is -2.06. The number of aliphatic imine (C=N–C) groups is 4. The molecule has 3 aromatic carbocycles. The molecule has 0 saturated carbocycles. The second-order valence-corrected chi connectivity index (χ2v) is 9.79. The molecule has 0 radical (unpaired) electrons. The first-order valence-corrected chi connectivity index (χ1v) is 13.8. The Morgan fingerprint density at radius 1 is 0.333 bits per heavy atom. The van der Waals surface area contributed by atoms with Crippen LogP contribution >= 0.6 is 0 Å². The third-order valence-electron chi connectivity index (χ3n) is 6.53. The number of hydrogen-bond donors (Lipinski definition) is 0. The number of hydrogen-bond acceptors (Lipinski definition) is 6. The van der Waals surface area contributed by atoms with Crippen molar-refractivity contribution in [3.05, 3.63) is 144 Å². The summed E-state index contributed by atoms with van der Waals surface area (Å²) in [4.78, 5) is 28.6. The number of para-hydroxylation sites is 2. The van der Waals surface area contributed by atoms with Crippen molar-refractivity contribution in [3.63, 3.8) is 0 Å². The normalized spacial score (nSPS) is 12.9. The molecule has 0 amide bonds. The average Bonchev–Trinajstić information content (AvgIpc) is 3.03. The zero-order valence-corrected chi connectivity index (χ0v) is 24.2. The average molecular weight is 549 g/mol. The highest BCUT2D eigenvalue weighted by atomic mass is 14.8. The Morgan fingerprint density at radius 3 is 0.881 bits per heavy atom. The van der Waals surface area contributed by atoms with Crippen LogP contribution in [-0.2, 0) is 0 Å². The molecule has 206 valence electrons. The van der Waals surface area contributed by atoms with Crippen LogP contribution < -0.4 is 0 Å². The Kier molecular flexibility index (Phi) is 8.94. The van der Waals surface area contributed by atoms with Crippen LogP contribution in [0.15, 0.2) is 141 Å². The Hall–Kier alpha value is -5.36. The van der Waals surface area contributed by atoms with Crippen LogP contribution in [0, 0.1) is 0 Å². The molecular formula is C36H32N6. The van der Waals surface area contributed by atoms with Gasteiger partial charge in [0.2, 0.25) is 0 Å². The molecule has 5 aromatic rings. The first kappa shape index (κ1) is 28.2. The minimum atomic E-state index is 0.810. The van der Waals surface area contributed by atoms with Gasteiger partial charge in [0, 0.05) is 0 Å². The topological polar surface area (TPSA) is 75.2 Å². The predicted octanol–water partition coefficient (Wildman–Crippen LogP) is 9.04. The van der Waals surface area contributed by atoms with E-state index < -0.39 is 0 Å². The Labute approximate surface area is 247 Å². The molecular weight excluding hydrogens is 516 g/mol. The van der Waals surface area contributed by atoms with Crippen molar-refractivity contribution >= 4 is 45.6 Å². The van der Waals surface area contributed by atoms with Crippen molar-refractivity contribution in [2.45, 2.75) is 27.7 Å². The van der Waals surface area contributed by atoms with E-state index in [-0.39, 0.29) is 0 Å². The van der Waals surface area contributed by atoms with Crippen LogP contribution in [0.4, 0.5) is 22.7 Å². The summed E-state index contributed by atoms with van der Waals surface area (Å²) in [5, 5.41) is 0. The van der Waals surface area contributed by atoms with Crippen molar-refractivity contribution in [1.82, 2.24) is 9.97 Å². The fraction of sp³-hybridized carbons (Fsp3) is 0.111. The molecule has 2 aromatic heterocycles. The van der Waals surface area contributed by atoms with E-state index in [1.807, 2.05) is 149 Å². The lowest BCUT2D eigenvalue weighted by molar-refractivity contribution is 1.24. The maximum atomic E-state index is 4.80. The highest BCUT2D eigenvalue weighted by Gasteiger charge is 2.07. The summed E-state index contributed by atoms with van der Waals surface area (Å²) in [7, 11) is 0. The van der Waals surface area contributed by atoms with Gasteiger partial charge in [-0.2, -0.15) is 0 Å². The Morgan fingerprint density at radius 2 is 0.595 bits per heavy atom. The van der Waals surface area contributed by atoms with E-state index in [1.54, 1.807) is 0 Å². The first-order chi connectivity index (χ1) is 20.4. The van der Waals surface area contributed by atoms with E-state index >= 15 is 0 Å². The van der Waals surface area contributed by atoms with Gasteiger partial charge in [-0.1, -0.05) is 48.5 Å². The standard InChI is InChI=1S/C36H32N6/c1-25(37-29-13-7-5-8-14-29)33-17-11-19-35(41-33)27(3)39-31-21-23-32(24-22-31)40-28(4)36-20-12-18-34(42-36)26(2)38-30-15-9-6-10-16-30/h5-24H,1-4H3. The zero-order valence-electron chi connectivity index (χ0n) is 24.2. The molecule has 0 aliphatic heterocycles. The van der Waals surface area contributed by atoms with E-state index in [4.69, 9.17) is 29.9 Å². The molecule has 0 fully saturated rings. The van der Waals surface area contributed by atoms with Gasteiger partial charge in [-0.3, -0.25) is 20.0 Å². The van der Waals surface area contributed by atoms with Gasteiger partial charge in [0.05, 0.1) is 68.4 Å². The number of benzene rings is 3. The number of nitrogens with zero attached hydrogens (tertiary/aromatic N) is 6. The Bertz CT molecular complexity index is 1650. The van der Waals surface area contributed by atoms with Crippen LogP contribution in [-0.4, -0.2) is 32.8 Å². The van der Waals surface area contributed by atoms with Crippen molar-refractivity contribution in [1.29, 1.82) is 0 Å². The minimum absolute atomic E-state index is 0.810. The summed E-state index contributed by atoms with van der Waals surface area (Å²) in [5.74, 6) is 0. The second kappa shape index (κ2) is 13.3. The van der Waals surface area contributed by atoms with Crippen molar-refractivity contribution in [2.75, 3.05) is 0 Å². The molecule has 0 atom stereocenters. The van der Waals surface area contributed by atoms with Crippen LogP contribution in [0.25, 0.3) is 0 Å². The molecule has 0 bridgehead atoms. The van der Waals surface area contributed by atoms with Gasteiger partial charge in [0.15, 0.2) is 0 Å². The zero-order chi connectivity index (χ0) is 29.3. The number of aromatic nitrogens is 2. The van der Waals surface area contributed by atoms with Gasteiger partial charge >= 0.3 is 0 Å². The van der Waals surface area contributed by atoms with Crippen molar-refractivity contribution in [2.24, 2.45) is 20.0 Å². The second-order valence-electron chi connectivity index (χ2n) is 9.79. The predicted molar refractivity (Wildman–Crippen MR) is 175 cm³/mol. The molecule has 6 nitrogen and oxygen atoms in total. The molecule has 2 heterocycles. The summed E-state index contributed by atoms with van der Waals surface area (Å²) >= 11 is 0. The monoisotopic (exact) mass is 548 g/mol. The summed E-state index contributed by atoms with van der Waals surface area (Å²) < 4.78 is 0. The summed E-state index contributed by atoms with van der Waals surface area (Å²) in [6, 6.07) is 39.5. The van der Waals surface area contributed by atoms with Gasteiger partial charge in [0.25, 0.3) is 0 Å². The molecule has 0 aliphatic carbocycles. The molecule has 6 heteroatoms. The van der Waals surface area contributed by atoms with Crippen LogP contribution in [0.1, 0.15) is 50.5 Å². The lowest BCUT2D eigenvalue weighted by atomic mass is 10.2. The number of rotatable bonds is 8. The van der Waals surface area contributed by atoms with Crippen LogP contribution in [0.2, 0.25) is 0 Å². The highest BCUT2D eigenvalue weighted by Crippen LogP contribution is 2.21. The smallest absolute Gasteiger partial charge is 0.0849 e. The third kappa shape index (κ3) is 7.43. The van der Waals surface area contributed by atoms with E-state index in [2.05, 4.69) is 0 Å². The van der Waals surface area contributed by atoms with E-state index in [1.165, 1.54) is 0 Å². The minimum Gasteiger partial charge on any atom is -0.252 e. The van der Waals surface area contributed by atoms with Gasteiger partial charge < -0.3 is 0 Å². The first-order valence-electron chi connectivity index (χ1n) is 13.8. The number of pyridine rings is 2. The van der Waals surface area contributed by atoms with Crippen molar-refractivity contribution < 1.29 is 0 Å². The SMILES string of the molecule is CC(=Nc1ccccc1)c1cccc(C(C)=Nc2ccc(N=C(C)c3cccc(C(C)=Nc4ccccc4)n3)cc2)n1. The van der Waals surface area contributed by atoms with Crippen LogP contribution in [0.3, 0.4) is 0 Å². The van der Waals surface area contributed by atoms with Gasteiger partial charge in [-0.05, 0) is 100 Å². The van der Waals surface area contributed by atoms with E-state index in [0.29, 0.717) is 0 Å².